The van der Waals surface area contributed by atoms with Crippen molar-refractivity contribution < 1.29 is 29.6 Å². The molecule has 1 saturated heterocycles. The summed E-state index contributed by atoms with van der Waals surface area (Å²) < 4.78 is 4.98. The van der Waals surface area contributed by atoms with Crippen molar-refractivity contribution in [3.8, 4) is 0 Å². The van der Waals surface area contributed by atoms with Gasteiger partial charge in [0, 0.05) is 13.7 Å². The molecule has 0 aromatic heterocycles. The van der Waals surface area contributed by atoms with E-state index in [1.807, 2.05) is 13.8 Å². The van der Waals surface area contributed by atoms with Crippen LogP contribution in [0.25, 0.3) is 0 Å². The van der Waals surface area contributed by atoms with E-state index in [0.717, 1.165) is 19.3 Å². The number of hydrogen-bond donors (Lipinski definition) is 5. The Kier molecular flexibility index (Phi) is 9.15. The van der Waals surface area contributed by atoms with Crippen LogP contribution in [0.5, 0.6) is 0 Å². The quantitative estimate of drug-likeness (QED) is 0.321. The maximum absolute atomic E-state index is 12.4. The summed E-state index contributed by atoms with van der Waals surface area (Å²) >= 11 is 0. The van der Waals surface area contributed by atoms with Gasteiger partial charge in [-0.2, -0.15) is 0 Å². The average molecular weight is 370 g/mol. The van der Waals surface area contributed by atoms with Gasteiger partial charge in [0.15, 0.2) is 17.6 Å². The lowest BCUT2D eigenvalue weighted by Crippen LogP contribution is -2.52. The molecule has 8 heteroatoms. The zero-order chi connectivity index (χ0) is 19.7. The summed E-state index contributed by atoms with van der Waals surface area (Å²) in [6, 6.07) is -0.722. The molecule has 1 heterocycles. The fraction of sp³-hybridized carbons (Fsp3) is 0.667. The highest BCUT2D eigenvalue weighted by molar-refractivity contribution is 5.89. The van der Waals surface area contributed by atoms with E-state index < -0.39 is 35.7 Å². The van der Waals surface area contributed by atoms with Gasteiger partial charge in [-0.25, -0.2) is 0 Å². The second-order valence-corrected chi connectivity index (χ2v) is 6.46. The third-order valence-corrected chi connectivity index (χ3v) is 4.42. The minimum atomic E-state index is -1.77. The van der Waals surface area contributed by atoms with E-state index in [1.54, 1.807) is 6.08 Å². The van der Waals surface area contributed by atoms with Crippen LogP contribution in [0.1, 0.15) is 39.5 Å². The summed E-state index contributed by atoms with van der Waals surface area (Å²) in [6.45, 7) is 4.46. The molecule has 0 aromatic carbocycles. The van der Waals surface area contributed by atoms with Gasteiger partial charge in [0.1, 0.15) is 12.1 Å². The second kappa shape index (κ2) is 10.8. The fourth-order valence-corrected chi connectivity index (χ4v) is 2.48. The first-order chi connectivity index (χ1) is 12.3. The van der Waals surface area contributed by atoms with Crippen LogP contribution in [0, 0.1) is 5.92 Å². The molecule has 1 fully saturated rings. The predicted molar refractivity (Wildman–Crippen MR) is 96.5 cm³/mol. The smallest absolute Gasteiger partial charge is 0.252 e. The Labute approximate surface area is 153 Å². The number of carbonyl (C=O) groups excluding carboxylic acids is 2. The topological polar surface area (TPSA) is 128 Å². The number of allylic oxidation sites excluding steroid dienone is 2. The van der Waals surface area contributed by atoms with Crippen molar-refractivity contribution in [2.24, 2.45) is 5.92 Å². The van der Waals surface area contributed by atoms with Crippen molar-refractivity contribution in [2.75, 3.05) is 13.7 Å². The summed E-state index contributed by atoms with van der Waals surface area (Å²) in [6.07, 6.45) is 2.64. The third-order valence-electron chi connectivity index (χ3n) is 4.42. The molecule has 1 unspecified atom stereocenters. The number of aliphatic hydroxyl groups excluding tert-OH is 3. The summed E-state index contributed by atoms with van der Waals surface area (Å²) in [7, 11) is 1.19. The molecule has 5 N–H and O–H groups in total. The van der Waals surface area contributed by atoms with Gasteiger partial charge in [0.2, 0.25) is 5.91 Å². The highest BCUT2D eigenvalue weighted by Crippen LogP contribution is 2.14. The van der Waals surface area contributed by atoms with Gasteiger partial charge in [0.05, 0.1) is 0 Å². The first-order valence-corrected chi connectivity index (χ1v) is 8.91. The van der Waals surface area contributed by atoms with Crippen molar-refractivity contribution in [1.29, 1.82) is 0 Å². The van der Waals surface area contributed by atoms with E-state index in [9.17, 15) is 24.9 Å². The Bertz CT molecular complexity index is 546. The number of hydrogen-bond acceptors (Lipinski definition) is 6. The molecular weight excluding hydrogens is 340 g/mol. The van der Waals surface area contributed by atoms with Crippen molar-refractivity contribution >= 4 is 11.8 Å². The zero-order valence-electron chi connectivity index (χ0n) is 15.6. The highest BCUT2D eigenvalue weighted by Gasteiger charge is 2.34. The zero-order valence-corrected chi connectivity index (χ0v) is 15.6. The molecule has 1 rings (SSSR count). The van der Waals surface area contributed by atoms with Gasteiger partial charge in [-0.1, -0.05) is 26.3 Å². The SMILES string of the molecule is CCC(C)/C=C/C(O)=C(\O)[C@@H](O)[C@@H](OC)C(=O)N[C@H]1CCCCNC1=O. The molecule has 0 aromatic rings. The predicted octanol–water partition coefficient (Wildman–Crippen LogP) is 1.08. The Morgan fingerprint density at radius 3 is 2.73 bits per heavy atom. The van der Waals surface area contributed by atoms with E-state index in [1.165, 1.54) is 13.2 Å². The minimum Gasteiger partial charge on any atom is -0.506 e. The van der Waals surface area contributed by atoms with Crippen LogP contribution < -0.4 is 10.6 Å². The van der Waals surface area contributed by atoms with E-state index in [-0.39, 0.29) is 11.8 Å². The fourth-order valence-electron chi connectivity index (χ4n) is 2.48. The van der Waals surface area contributed by atoms with Crippen molar-refractivity contribution in [1.82, 2.24) is 10.6 Å². The summed E-state index contributed by atoms with van der Waals surface area (Å²) in [5.74, 6) is -2.17. The molecule has 0 bridgehead atoms. The molecule has 8 nitrogen and oxygen atoms in total. The standard InChI is InChI=1S/C18H30N2O6/c1-4-11(2)8-9-13(21)14(22)15(23)16(26-3)18(25)20-12-7-5-6-10-19-17(12)24/h8-9,11-12,15-16,21-23H,4-7,10H2,1-3H3,(H,19,24)(H,20,25)/b9-8+,14-13+/t11?,12-,15+,16+/m0/s1. The van der Waals surface area contributed by atoms with Crippen molar-refractivity contribution in [3.05, 3.63) is 23.7 Å². The normalized spacial score (nSPS) is 22.8. The van der Waals surface area contributed by atoms with Gasteiger partial charge in [-0.3, -0.25) is 9.59 Å². The molecule has 0 spiro atoms. The lowest BCUT2D eigenvalue weighted by atomic mass is 10.1. The number of carbonyl (C=O) groups is 2. The molecule has 26 heavy (non-hydrogen) atoms. The number of aliphatic hydroxyl groups is 3. The average Bonchev–Trinajstić information content (AvgIpc) is 2.83. The summed E-state index contributed by atoms with van der Waals surface area (Å²) in [5.41, 5.74) is 0. The van der Waals surface area contributed by atoms with Crippen LogP contribution >= 0.6 is 0 Å². The molecule has 1 aliphatic rings. The Balaban J connectivity index is 2.82. The minimum absolute atomic E-state index is 0.178. The van der Waals surface area contributed by atoms with E-state index in [2.05, 4.69) is 10.6 Å². The van der Waals surface area contributed by atoms with Crippen LogP contribution in [0.15, 0.2) is 23.7 Å². The van der Waals surface area contributed by atoms with Gasteiger partial charge in [0.25, 0.3) is 5.91 Å². The highest BCUT2D eigenvalue weighted by atomic mass is 16.5. The lowest BCUT2D eigenvalue weighted by Gasteiger charge is -2.23. The van der Waals surface area contributed by atoms with Gasteiger partial charge >= 0.3 is 0 Å². The number of nitrogens with one attached hydrogen (secondary N) is 2. The van der Waals surface area contributed by atoms with Crippen molar-refractivity contribution in [3.63, 3.8) is 0 Å². The molecule has 4 atom stereocenters. The third kappa shape index (κ3) is 6.34. The monoisotopic (exact) mass is 370 g/mol. The van der Waals surface area contributed by atoms with Crippen LogP contribution in [-0.4, -0.2) is 59.0 Å². The second-order valence-electron chi connectivity index (χ2n) is 6.46. The number of rotatable bonds is 8. The largest absolute Gasteiger partial charge is 0.506 e. The number of methoxy groups -OCH3 is 1. The Morgan fingerprint density at radius 2 is 2.12 bits per heavy atom. The summed E-state index contributed by atoms with van der Waals surface area (Å²) in [4.78, 5) is 24.3. The number of amides is 2. The van der Waals surface area contributed by atoms with E-state index >= 15 is 0 Å². The summed E-state index contributed by atoms with van der Waals surface area (Å²) in [5, 5.41) is 35.3. The molecular formula is C18H30N2O6. The maximum Gasteiger partial charge on any atom is 0.252 e. The molecule has 0 saturated carbocycles. The van der Waals surface area contributed by atoms with Crippen LogP contribution in [-0.2, 0) is 14.3 Å². The van der Waals surface area contributed by atoms with Crippen LogP contribution in [0.2, 0.25) is 0 Å². The molecule has 2 amide bonds. The Morgan fingerprint density at radius 1 is 1.42 bits per heavy atom. The first kappa shape index (κ1) is 22.0. The molecule has 1 aliphatic heterocycles. The molecule has 0 aliphatic carbocycles. The van der Waals surface area contributed by atoms with Gasteiger partial charge < -0.3 is 30.7 Å². The van der Waals surface area contributed by atoms with Crippen LogP contribution in [0.3, 0.4) is 0 Å². The maximum atomic E-state index is 12.4. The molecule has 148 valence electrons. The lowest BCUT2D eigenvalue weighted by molar-refractivity contribution is -0.140. The van der Waals surface area contributed by atoms with Gasteiger partial charge in [-0.15, -0.1) is 0 Å². The molecule has 0 radical (unpaired) electrons. The van der Waals surface area contributed by atoms with Gasteiger partial charge in [-0.05, 0) is 31.3 Å². The Hall–Kier alpha value is -2.06. The van der Waals surface area contributed by atoms with Crippen LogP contribution in [0.4, 0.5) is 0 Å². The number of ether oxygens (including phenoxy) is 1. The van der Waals surface area contributed by atoms with Crippen molar-refractivity contribution in [2.45, 2.75) is 57.8 Å². The van der Waals surface area contributed by atoms with E-state index in [0.29, 0.717) is 13.0 Å². The van der Waals surface area contributed by atoms with E-state index in [4.69, 9.17) is 4.74 Å². The first-order valence-electron chi connectivity index (χ1n) is 8.91.